The van der Waals surface area contributed by atoms with Gasteiger partial charge < -0.3 is 19.5 Å². The van der Waals surface area contributed by atoms with E-state index in [1.807, 2.05) is 0 Å². The lowest BCUT2D eigenvalue weighted by Crippen LogP contribution is -2.53. The molecule has 3 heterocycles. The summed E-state index contributed by atoms with van der Waals surface area (Å²) < 4.78 is 18.9. The van der Waals surface area contributed by atoms with Crippen molar-refractivity contribution in [3.05, 3.63) is 11.6 Å². The second kappa shape index (κ2) is 9.81. The fraction of sp³-hybridized carbons (Fsp3) is 0.909. The first kappa shape index (κ1) is 26.9. The maximum atomic E-state index is 12.8. The average Bonchev–Trinajstić information content (AvgIpc) is 3.36. The zero-order chi connectivity index (χ0) is 27.0. The summed E-state index contributed by atoms with van der Waals surface area (Å²) in [6.45, 7) is 14.5. The van der Waals surface area contributed by atoms with Crippen molar-refractivity contribution in [2.24, 2.45) is 46.3 Å². The van der Waals surface area contributed by atoms with Gasteiger partial charge in [-0.1, -0.05) is 39.3 Å². The number of ether oxygens (including phenoxy) is 3. The van der Waals surface area contributed by atoms with Crippen LogP contribution < -0.4 is 5.32 Å². The topological polar surface area (TPSA) is 60.0 Å². The number of carbonyl (C=O) groups is 1. The van der Waals surface area contributed by atoms with E-state index in [1.54, 1.807) is 5.57 Å². The number of rotatable bonds is 3. The normalized spacial score (nSPS) is 51.4. The zero-order valence-electron chi connectivity index (χ0n) is 24.9. The van der Waals surface area contributed by atoms with Gasteiger partial charge in [0, 0.05) is 31.5 Å². The minimum Gasteiger partial charge on any atom is -0.379 e. The summed E-state index contributed by atoms with van der Waals surface area (Å²) in [5.74, 6) is 3.95. The summed E-state index contributed by atoms with van der Waals surface area (Å²) in [6, 6.07) is 0.290. The molecule has 1 N–H and O–H groups in total. The standard InChI is InChI=1S/C33H52N2O4/c1-21-7-12-33(38-20-21)22(2)30-28(39-33)18-27-25-6-5-23-17-24(34-29(36)19-35-13-15-37-16-14-35)8-10-31(23,3)26(25)9-11-32(27,30)4/h5,21-22,24-28,30H,6-20H2,1-4H3,(H,34,36)/t21-,22+,24-,25-,26+,27+,28+,30+,31+,32+,33-/m1/s1. The molecule has 0 bridgehead atoms. The van der Waals surface area contributed by atoms with E-state index in [2.05, 4.69) is 44.0 Å². The van der Waals surface area contributed by atoms with Crippen LogP contribution in [0.2, 0.25) is 0 Å². The fourth-order valence-corrected chi connectivity index (χ4v) is 11.0. The Balaban J connectivity index is 1.03. The highest BCUT2D eigenvalue weighted by atomic mass is 16.7. The third-order valence-corrected chi connectivity index (χ3v) is 13.2. The van der Waals surface area contributed by atoms with E-state index >= 15 is 0 Å². The molecule has 7 rings (SSSR count). The van der Waals surface area contributed by atoms with E-state index in [0.717, 1.165) is 69.9 Å². The van der Waals surface area contributed by atoms with Crippen LogP contribution in [0.4, 0.5) is 0 Å². The van der Waals surface area contributed by atoms with Gasteiger partial charge in [-0.15, -0.1) is 0 Å². The van der Waals surface area contributed by atoms with E-state index in [1.165, 1.54) is 38.5 Å². The highest BCUT2D eigenvalue weighted by Crippen LogP contribution is 2.70. The summed E-state index contributed by atoms with van der Waals surface area (Å²) in [5.41, 5.74) is 2.30. The van der Waals surface area contributed by atoms with Crippen molar-refractivity contribution < 1.29 is 19.0 Å². The Labute approximate surface area is 235 Å². The summed E-state index contributed by atoms with van der Waals surface area (Å²) in [6.07, 6.45) is 13.8. The number of amides is 1. The Hall–Kier alpha value is -0.950. The Morgan fingerprint density at radius 3 is 2.67 bits per heavy atom. The van der Waals surface area contributed by atoms with E-state index in [4.69, 9.17) is 14.2 Å². The molecule has 3 saturated heterocycles. The number of nitrogens with zero attached hydrogens (tertiary/aromatic N) is 1. The van der Waals surface area contributed by atoms with E-state index in [9.17, 15) is 4.79 Å². The van der Waals surface area contributed by atoms with Crippen LogP contribution >= 0.6 is 0 Å². The Morgan fingerprint density at radius 1 is 1.08 bits per heavy atom. The molecule has 11 atom stereocenters. The molecule has 0 radical (unpaired) electrons. The molecule has 4 aliphatic carbocycles. The second-order valence-electron chi connectivity index (χ2n) is 15.2. The number of nitrogens with one attached hydrogen (secondary N) is 1. The number of allylic oxidation sites excluding steroid dienone is 1. The van der Waals surface area contributed by atoms with Gasteiger partial charge in [-0.3, -0.25) is 9.69 Å². The van der Waals surface area contributed by atoms with Crippen molar-refractivity contribution in [2.45, 2.75) is 103 Å². The van der Waals surface area contributed by atoms with Gasteiger partial charge in [0.2, 0.25) is 5.91 Å². The van der Waals surface area contributed by atoms with Gasteiger partial charge in [0.25, 0.3) is 0 Å². The maximum Gasteiger partial charge on any atom is 0.234 e. The van der Waals surface area contributed by atoms with E-state index in [-0.39, 0.29) is 17.7 Å². The van der Waals surface area contributed by atoms with Crippen molar-refractivity contribution in [3.8, 4) is 0 Å². The predicted molar refractivity (Wildman–Crippen MR) is 151 cm³/mol. The molecule has 6 heteroatoms. The highest BCUT2D eigenvalue weighted by Gasteiger charge is 2.68. The van der Waals surface area contributed by atoms with Gasteiger partial charge in [0.05, 0.1) is 32.5 Å². The van der Waals surface area contributed by atoms with Crippen molar-refractivity contribution in [2.75, 3.05) is 39.5 Å². The molecule has 0 aromatic carbocycles. The van der Waals surface area contributed by atoms with Crippen molar-refractivity contribution in [3.63, 3.8) is 0 Å². The molecule has 0 aromatic heterocycles. The number of hydrogen-bond donors (Lipinski definition) is 1. The lowest BCUT2D eigenvalue weighted by molar-refractivity contribution is -0.272. The van der Waals surface area contributed by atoms with E-state index in [0.29, 0.717) is 41.2 Å². The highest BCUT2D eigenvalue weighted by molar-refractivity contribution is 5.78. The lowest BCUT2D eigenvalue weighted by atomic mass is 9.46. The third-order valence-electron chi connectivity index (χ3n) is 13.2. The van der Waals surface area contributed by atoms with Crippen LogP contribution in [0.25, 0.3) is 0 Å². The van der Waals surface area contributed by atoms with Crippen LogP contribution in [0.3, 0.4) is 0 Å². The summed E-state index contributed by atoms with van der Waals surface area (Å²) in [5, 5.41) is 3.40. The summed E-state index contributed by atoms with van der Waals surface area (Å²) >= 11 is 0. The van der Waals surface area contributed by atoms with Crippen LogP contribution in [0.5, 0.6) is 0 Å². The third kappa shape index (κ3) is 4.29. The number of carbonyl (C=O) groups excluding carboxylic acids is 1. The van der Waals surface area contributed by atoms with Crippen LogP contribution in [-0.4, -0.2) is 68.2 Å². The minimum atomic E-state index is -0.317. The monoisotopic (exact) mass is 540 g/mol. The largest absolute Gasteiger partial charge is 0.379 e. The van der Waals surface area contributed by atoms with Crippen molar-refractivity contribution >= 4 is 5.91 Å². The molecule has 1 spiro atoms. The molecule has 6 nitrogen and oxygen atoms in total. The summed E-state index contributed by atoms with van der Waals surface area (Å²) in [4.78, 5) is 15.0. The Morgan fingerprint density at radius 2 is 1.90 bits per heavy atom. The molecule has 0 aromatic rings. The van der Waals surface area contributed by atoms with Crippen LogP contribution in [-0.2, 0) is 19.0 Å². The van der Waals surface area contributed by atoms with Gasteiger partial charge in [0.15, 0.2) is 5.79 Å². The van der Waals surface area contributed by atoms with Crippen molar-refractivity contribution in [1.82, 2.24) is 10.2 Å². The molecule has 6 fully saturated rings. The molecule has 218 valence electrons. The van der Waals surface area contributed by atoms with Gasteiger partial charge in [-0.25, -0.2) is 0 Å². The van der Waals surface area contributed by atoms with Crippen LogP contribution in [0.1, 0.15) is 85.5 Å². The lowest BCUT2D eigenvalue weighted by Gasteiger charge is -2.58. The molecule has 0 unspecified atom stereocenters. The Kier molecular flexibility index (Phi) is 6.77. The van der Waals surface area contributed by atoms with Gasteiger partial charge in [-0.05, 0) is 91.8 Å². The van der Waals surface area contributed by atoms with Crippen molar-refractivity contribution in [1.29, 1.82) is 0 Å². The average molecular weight is 541 g/mol. The van der Waals surface area contributed by atoms with Gasteiger partial charge in [0.1, 0.15) is 0 Å². The first-order valence-electron chi connectivity index (χ1n) is 16.3. The number of morpholine rings is 1. The molecule has 1 amide bonds. The first-order chi connectivity index (χ1) is 18.7. The molecule has 3 saturated carbocycles. The van der Waals surface area contributed by atoms with Crippen LogP contribution in [0, 0.1) is 46.3 Å². The second-order valence-corrected chi connectivity index (χ2v) is 15.2. The molecule has 39 heavy (non-hydrogen) atoms. The smallest absolute Gasteiger partial charge is 0.234 e. The molecular weight excluding hydrogens is 488 g/mol. The summed E-state index contributed by atoms with van der Waals surface area (Å²) in [7, 11) is 0. The Bertz CT molecular complexity index is 984. The van der Waals surface area contributed by atoms with Gasteiger partial charge in [-0.2, -0.15) is 0 Å². The predicted octanol–water partition coefficient (Wildman–Crippen LogP) is 5.17. The first-order valence-corrected chi connectivity index (χ1v) is 16.3. The molecule has 7 aliphatic rings. The minimum absolute atomic E-state index is 0.189. The molecule has 3 aliphatic heterocycles. The zero-order valence-corrected chi connectivity index (χ0v) is 24.9. The molecular formula is C33H52N2O4. The van der Waals surface area contributed by atoms with Gasteiger partial charge >= 0.3 is 0 Å². The van der Waals surface area contributed by atoms with E-state index < -0.39 is 0 Å². The van der Waals surface area contributed by atoms with Crippen LogP contribution in [0.15, 0.2) is 11.6 Å². The fourth-order valence-electron chi connectivity index (χ4n) is 11.0. The maximum absolute atomic E-state index is 12.8. The quantitative estimate of drug-likeness (QED) is 0.501. The number of fused-ring (bicyclic) bond motifs is 7. The number of hydrogen-bond acceptors (Lipinski definition) is 5. The SMILES string of the molecule is C[C@@H]1CC[C@@]2(OC1)O[C@H]1C[C@H]3[C@@H]4CC=C5C[C@H](NC(=O)CN6CCOCC6)CC[C@]5(C)[C@H]4CC[C@]3(C)[C@H]1[C@@H]2C.